The van der Waals surface area contributed by atoms with Crippen LogP contribution in [0.1, 0.15) is 47.3 Å². The van der Waals surface area contributed by atoms with Crippen molar-refractivity contribution in [2.75, 3.05) is 16.8 Å². The molecule has 1 saturated heterocycles. The number of nitrogens with zero attached hydrogens (tertiary/aromatic N) is 1. The number of Topliss-reactive ketones (excluding diaryl/α,β-unsaturated/α-hetero) is 1. The minimum Gasteiger partial charge on any atom is -0.464 e. The first-order valence-electron chi connectivity index (χ1n) is 13.3. The van der Waals surface area contributed by atoms with Gasteiger partial charge in [-0.15, -0.1) is 0 Å². The van der Waals surface area contributed by atoms with Crippen LogP contribution in [0.2, 0.25) is 0 Å². The first-order chi connectivity index (χ1) is 18.5. The molecule has 3 aliphatic rings. The molecule has 0 aliphatic carbocycles. The van der Waals surface area contributed by atoms with Gasteiger partial charge in [-0.3, -0.25) is 9.59 Å². The van der Waals surface area contributed by atoms with Crippen molar-refractivity contribution in [3.8, 4) is 0 Å². The monoisotopic (exact) mass is 506 g/mol. The molecular weight excluding hydrogens is 476 g/mol. The molecule has 0 radical (unpaired) electrons. The topological polar surface area (TPSA) is 75.7 Å². The summed E-state index contributed by atoms with van der Waals surface area (Å²) in [5.74, 6) is -2.01. The summed E-state index contributed by atoms with van der Waals surface area (Å²) in [6.07, 6.45) is 5.87. The van der Waals surface area contributed by atoms with Crippen LogP contribution in [-0.2, 0) is 26.2 Å². The molecule has 0 bridgehead atoms. The third-order valence-electron chi connectivity index (χ3n) is 8.13. The van der Waals surface area contributed by atoms with Crippen LogP contribution in [0.25, 0.3) is 6.08 Å². The van der Waals surface area contributed by atoms with Crippen LogP contribution in [0, 0.1) is 5.92 Å². The number of carbonyl (C=O) groups excluding carboxylic acids is 3. The lowest BCUT2D eigenvalue weighted by Crippen LogP contribution is -2.51. The third kappa shape index (κ3) is 3.36. The van der Waals surface area contributed by atoms with E-state index in [1.165, 1.54) is 0 Å². The van der Waals surface area contributed by atoms with Gasteiger partial charge < -0.3 is 15.0 Å². The number of aryl methyl sites for hydroxylation is 1. The van der Waals surface area contributed by atoms with E-state index in [1.807, 2.05) is 89.8 Å². The summed E-state index contributed by atoms with van der Waals surface area (Å²) in [7, 11) is 0. The zero-order chi connectivity index (χ0) is 26.4. The van der Waals surface area contributed by atoms with Crippen LogP contribution in [0.5, 0.6) is 0 Å². The van der Waals surface area contributed by atoms with Crippen LogP contribution in [0.15, 0.2) is 78.9 Å². The van der Waals surface area contributed by atoms with Gasteiger partial charge in [0.15, 0.2) is 5.78 Å². The maximum absolute atomic E-state index is 14.6. The molecule has 4 atom stereocenters. The minimum atomic E-state index is -1.31. The molecule has 192 valence electrons. The fourth-order valence-electron chi connectivity index (χ4n) is 6.62. The van der Waals surface area contributed by atoms with Crippen LogP contribution in [-0.4, -0.2) is 36.4 Å². The molecule has 0 unspecified atom stereocenters. The van der Waals surface area contributed by atoms with Crippen molar-refractivity contribution in [1.82, 2.24) is 0 Å². The number of fused-ring (bicyclic) bond motifs is 6. The number of carbonyl (C=O) groups is 3. The van der Waals surface area contributed by atoms with Crippen molar-refractivity contribution in [3.05, 3.63) is 101 Å². The van der Waals surface area contributed by atoms with Crippen molar-refractivity contribution in [1.29, 1.82) is 0 Å². The molecule has 38 heavy (non-hydrogen) atoms. The van der Waals surface area contributed by atoms with Crippen molar-refractivity contribution in [2.45, 2.75) is 44.2 Å². The highest BCUT2D eigenvalue weighted by Crippen LogP contribution is 2.57. The summed E-state index contributed by atoms with van der Waals surface area (Å²) < 4.78 is 5.59. The van der Waals surface area contributed by atoms with Gasteiger partial charge >= 0.3 is 5.97 Å². The highest BCUT2D eigenvalue weighted by Gasteiger charge is 2.70. The predicted molar refractivity (Wildman–Crippen MR) is 147 cm³/mol. The molecule has 3 aromatic carbocycles. The summed E-state index contributed by atoms with van der Waals surface area (Å²) in [4.78, 5) is 44.5. The van der Waals surface area contributed by atoms with Crippen LogP contribution >= 0.6 is 0 Å². The number of anilines is 2. The van der Waals surface area contributed by atoms with Gasteiger partial charge in [0, 0.05) is 16.9 Å². The number of ketones is 1. The number of nitrogens with one attached hydrogen (secondary N) is 1. The first-order valence-corrected chi connectivity index (χ1v) is 13.3. The number of rotatable bonds is 6. The number of hydrogen-bond donors (Lipinski definition) is 1. The normalized spacial score (nSPS) is 24.5. The van der Waals surface area contributed by atoms with Gasteiger partial charge in [-0.2, -0.15) is 0 Å². The number of amides is 1. The van der Waals surface area contributed by atoms with Gasteiger partial charge in [0.25, 0.3) is 0 Å². The third-order valence-corrected chi connectivity index (χ3v) is 8.13. The molecule has 6 nitrogen and oxygen atoms in total. The fraction of sp³-hybridized carbons (Fsp3) is 0.281. The molecule has 6 rings (SSSR count). The summed E-state index contributed by atoms with van der Waals surface area (Å²) in [6, 6.07) is 21.3. The molecule has 3 heterocycles. The van der Waals surface area contributed by atoms with E-state index in [1.54, 1.807) is 6.92 Å². The second-order valence-corrected chi connectivity index (χ2v) is 10.1. The number of esters is 1. The number of benzene rings is 3. The Bertz CT molecular complexity index is 1460. The average molecular weight is 507 g/mol. The Labute approximate surface area is 222 Å². The molecule has 3 aromatic rings. The zero-order valence-corrected chi connectivity index (χ0v) is 21.5. The molecule has 0 saturated carbocycles. The van der Waals surface area contributed by atoms with Crippen molar-refractivity contribution in [2.24, 2.45) is 5.92 Å². The van der Waals surface area contributed by atoms with Gasteiger partial charge in [-0.25, -0.2) is 4.79 Å². The molecular formula is C32H30N2O4. The molecule has 3 aliphatic heterocycles. The molecule has 1 amide bonds. The largest absolute Gasteiger partial charge is 0.464 e. The lowest BCUT2D eigenvalue weighted by molar-refractivity contribution is -0.145. The SMILES string of the molecule is CCCc1ccc(C(=O)[C@H]2[C@H](C(=O)OCC)N3c4ccccc4C=C[C@@H]3[C@]23C(=O)Nc2ccccc23)cc1. The van der Waals surface area contributed by atoms with Crippen LogP contribution < -0.4 is 10.2 Å². The highest BCUT2D eigenvalue weighted by molar-refractivity contribution is 6.16. The Kier molecular flexibility index (Phi) is 5.90. The summed E-state index contributed by atoms with van der Waals surface area (Å²) in [5.41, 5.74) is 3.46. The Morgan fingerprint density at radius 1 is 0.974 bits per heavy atom. The van der Waals surface area contributed by atoms with Crippen LogP contribution in [0.4, 0.5) is 11.4 Å². The van der Waals surface area contributed by atoms with Gasteiger partial charge in [-0.1, -0.05) is 86.2 Å². The number of ether oxygens (including phenoxy) is 1. The molecule has 1 spiro atoms. The minimum absolute atomic E-state index is 0.174. The van der Waals surface area contributed by atoms with Crippen LogP contribution in [0.3, 0.4) is 0 Å². The van der Waals surface area contributed by atoms with E-state index in [0.717, 1.165) is 35.2 Å². The second-order valence-electron chi connectivity index (χ2n) is 10.1. The Balaban J connectivity index is 1.60. The quantitative estimate of drug-likeness (QED) is 0.369. The lowest BCUT2D eigenvalue weighted by atomic mass is 9.64. The van der Waals surface area contributed by atoms with E-state index in [2.05, 4.69) is 12.2 Å². The van der Waals surface area contributed by atoms with Crippen molar-refractivity contribution >= 4 is 35.1 Å². The predicted octanol–water partition coefficient (Wildman–Crippen LogP) is 5.18. The summed E-state index contributed by atoms with van der Waals surface area (Å²) >= 11 is 0. The summed E-state index contributed by atoms with van der Waals surface area (Å²) in [6.45, 7) is 4.04. The number of hydrogen-bond acceptors (Lipinski definition) is 5. The van der Waals surface area contributed by atoms with E-state index in [0.29, 0.717) is 11.3 Å². The molecule has 1 N–H and O–H groups in total. The van der Waals surface area contributed by atoms with E-state index in [-0.39, 0.29) is 18.3 Å². The lowest BCUT2D eigenvalue weighted by Gasteiger charge is -2.37. The fourth-order valence-corrected chi connectivity index (χ4v) is 6.62. The molecule has 1 fully saturated rings. The van der Waals surface area contributed by atoms with E-state index < -0.39 is 29.4 Å². The van der Waals surface area contributed by atoms with Gasteiger partial charge in [0.1, 0.15) is 11.5 Å². The Morgan fingerprint density at radius 2 is 1.71 bits per heavy atom. The average Bonchev–Trinajstić information content (AvgIpc) is 3.42. The second kappa shape index (κ2) is 9.28. The standard InChI is InChI=1S/C32H30N2O4/c1-3-9-20-14-16-22(17-15-20)29(35)27-28(30(36)38-4-2)34-25-13-8-5-10-21(25)18-19-26(34)32(27)23-11-6-7-12-24(23)33-31(32)37/h5-8,10-19,26-28H,3-4,9H2,1-2H3,(H,33,37)/t26-,27-,28-,32+/m1/s1. The molecule has 6 heteroatoms. The maximum Gasteiger partial charge on any atom is 0.329 e. The Hall–Kier alpha value is -4.19. The maximum atomic E-state index is 14.6. The van der Waals surface area contributed by atoms with E-state index >= 15 is 0 Å². The van der Waals surface area contributed by atoms with Gasteiger partial charge in [-0.05, 0) is 42.2 Å². The Morgan fingerprint density at radius 3 is 2.47 bits per heavy atom. The zero-order valence-electron chi connectivity index (χ0n) is 21.5. The first kappa shape index (κ1) is 24.2. The molecule has 0 aromatic heterocycles. The van der Waals surface area contributed by atoms with E-state index in [9.17, 15) is 14.4 Å². The van der Waals surface area contributed by atoms with Gasteiger partial charge in [0.05, 0.1) is 18.6 Å². The van der Waals surface area contributed by atoms with Crippen molar-refractivity contribution < 1.29 is 19.1 Å². The van der Waals surface area contributed by atoms with E-state index in [4.69, 9.17) is 4.74 Å². The smallest absolute Gasteiger partial charge is 0.329 e. The van der Waals surface area contributed by atoms with Crippen molar-refractivity contribution in [3.63, 3.8) is 0 Å². The van der Waals surface area contributed by atoms with Gasteiger partial charge in [0.2, 0.25) is 5.91 Å². The summed E-state index contributed by atoms with van der Waals surface area (Å²) in [5, 5.41) is 3.04. The number of para-hydroxylation sites is 2. The highest BCUT2D eigenvalue weighted by atomic mass is 16.5.